The molecule has 0 atom stereocenters. The van der Waals surface area contributed by atoms with Crippen LogP contribution in [-0.4, -0.2) is 31.5 Å². The zero-order valence-electron chi connectivity index (χ0n) is 19.3. The van der Waals surface area contributed by atoms with Gasteiger partial charge in [0, 0.05) is 11.8 Å². The standard InChI is InChI=1S/C25H27F5N2O4/c26-24(27,28)17-4-6-18(7-5-17)25(29,30)36-20-9-1-16(2-10-20)3-12-23(33)35-14-13-34-22-11-8-19(31)15-21(22)32/h1-3,8-12,15,17-18H,4-7,13-14,31-32H2/b12-3+. The van der Waals surface area contributed by atoms with Crippen molar-refractivity contribution in [3.05, 3.63) is 54.1 Å². The summed E-state index contributed by atoms with van der Waals surface area (Å²) in [6.07, 6.45) is -6.56. The monoisotopic (exact) mass is 514 g/mol. The average Bonchev–Trinajstić information content (AvgIpc) is 2.82. The molecule has 1 aliphatic rings. The lowest BCUT2D eigenvalue weighted by molar-refractivity contribution is -0.237. The summed E-state index contributed by atoms with van der Waals surface area (Å²) in [6.45, 7) is 0.0472. The summed E-state index contributed by atoms with van der Waals surface area (Å²) in [5.41, 5.74) is 12.8. The SMILES string of the molecule is Nc1ccc(OCCOC(=O)/C=C/c2ccc(OC(F)(F)C3CCC(C(F)(F)F)CC3)cc2)c(N)c1. The maximum absolute atomic E-state index is 14.5. The van der Waals surface area contributed by atoms with Gasteiger partial charge in [-0.15, -0.1) is 0 Å². The van der Waals surface area contributed by atoms with Crippen molar-refractivity contribution in [1.82, 2.24) is 0 Å². The molecule has 0 aliphatic heterocycles. The summed E-state index contributed by atoms with van der Waals surface area (Å²) < 4.78 is 82.5. The van der Waals surface area contributed by atoms with Crippen LogP contribution in [0.3, 0.4) is 0 Å². The van der Waals surface area contributed by atoms with Crippen LogP contribution in [0, 0.1) is 11.8 Å². The molecule has 0 aromatic heterocycles. The molecule has 3 rings (SSSR count). The van der Waals surface area contributed by atoms with Gasteiger partial charge in [0.25, 0.3) is 0 Å². The molecule has 2 aromatic carbocycles. The Kier molecular flexibility index (Phi) is 8.65. The molecule has 2 aromatic rings. The number of carbonyl (C=O) groups excluding carboxylic acids is 1. The van der Waals surface area contributed by atoms with E-state index in [-0.39, 0.29) is 44.6 Å². The Morgan fingerprint density at radius 2 is 1.56 bits per heavy atom. The molecule has 1 aliphatic carbocycles. The predicted molar refractivity (Wildman–Crippen MR) is 124 cm³/mol. The summed E-state index contributed by atoms with van der Waals surface area (Å²) >= 11 is 0. The Balaban J connectivity index is 1.42. The van der Waals surface area contributed by atoms with E-state index in [0.29, 0.717) is 22.7 Å². The first-order chi connectivity index (χ1) is 16.9. The highest BCUT2D eigenvalue weighted by Crippen LogP contribution is 2.44. The number of hydrogen-bond acceptors (Lipinski definition) is 6. The van der Waals surface area contributed by atoms with Crippen molar-refractivity contribution in [1.29, 1.82) is 0 Å². The lowest BCUT2D eigenvalue weighted by Crippen LogP contribution is -2.39. The zero-order valence-corrected chi connectivity index (χ0v) is 19.3. The molecule has 0 bridgehead atoms. The van der Waals surface area contributed by atoms with E-state index in [1.807, 2.05) is 0 Å². The second kappa shape index (κ2) is 11.5. The first-order valence-electron chi connectivity index (χ1n) is 11.3. The third-order valence-corrected chi connectivity index (χ3v) is 5.83. The molecular formula is C25H27F5N2O4. The highest BCUT2D eigenvalue weighted by atomic mass is 19.4. The summed E-state index contributed by atoms with van der Waals surface area (Å²) in [5.74, 6) is -3.18. The van der Waals surface area contributed by atoms with Crippen LogP contribution in [0.4, 0.5) is 33.3 Å². The Hall–Kier alpha value is -3.50. The van der Waals surface area contributed by atoms with Crippen LogP contribution in [0.5, 0.6) is 11.5 Å². The first-order valence-corrected chi connectivity index (χ1v) is 11.3. The zero-order chi connectivity index (χ0) is 26.3. The Morgan fingerprint density at radius 1 is 0.917 bits per heavy atom. The fourth-order valence-corrected chi connectivity index (χ4v) is 3.85. The second-order valence-electron chi connectivity index (χ2n) is 8.47. The van der Waals surface area contributed by atoms with E-state index in [2.05, 4.69) is 0 Å². The summed E-state index contributed by atoms with van der Waals surface area (Å²) in [6, 6.07) is 10.3. The quantitative estimate of drug-likeness (QED) is 0.144. The normalized spacial score (nSPS) is 18.7. The Bertz CT molecular complexity index is 1050. The number of carbonyl (C=O) groups is 1. The summed E-state index contributed by atoms with van der Waals surface area (Å²) in [7, 11) is 0. The number of halogens is 5. The molecule has 0 heterocycles. The van der Waals surface area contributed by atoms with Gasteiger partial charge in [-0.05, 0) is 67.7 Å². The Morgan fingerprint density at radius 3 is 2.17 bits per heavy atom. The van der Waals surface area contributed by atoms with E-state index in [1.54, 1.807) is 18.2 Å². The Labute approximate surface area is 205 Å². The number of benzene rings is 2. The van der Waals surface area contributed by atoms with Gasteiger partial charge < -0.3 is 25.7 Å². The van der Waals surface area contributed by atoms with E-state index in [9.17, 15) is 26.7 Å². The van der Waals surface area contributed by atoms with Gasteiger partial charge in [-0.25, -0.2) is 4.79 Å². The van der Waals surface area contributed by atoms with Gasteiger partial charge >= 0.3 is 18.3 Å². The minimum absolute atomic E-state index is 0.0280. The van der Waals surface area contributed by atoms with Crippen molar-refractivity contribution in [2.45, 2.75) is 38.0 Å². The van der Waals surface area contributed by atoms with Gasteiger partial charge in [-0.3, -0.25) is 0 Å². The van der Waals surface area contributed by atoms with Crippen molar-refractivity contribution < 1.29 is 41.0 Å². The highest BCUT2D eigenvalue weighted by Gasteiger charge is 2.48. The molecule has 0 spiro atoms. The summed E-state index contributed by atoms with van der Waals surface area (Å²) in [5, 5.41) is 0. The van der Waals surface area contributed by atoms with Crippen molar-refractivity contribution in [3.63, 3.8) is 0 Å². The van der Waals surface area contributed by atoms with Crippen molar-refractivity contribution in [3.8, 4) is 11.5 Å². The van der Waals surface area contributed by atoms with Crippen molar-refractivity contribution in [2.24, 2.45) is 11.8 Å². The number of alkyl halides is 5. The van der Waals surface area contributed by atoms with Crippen LogP contribution < -0.4 is 20.9 Å². The largest absolute Gasteiger partial charge is 0.488 e. The minimum atomic E-state index is -4.36. The van der Waals surface area contributed by atoms with Gasteiger partial charge in [-0.2, -0.15) is 22.0 Å². The molecule has 1 saturated carbocycles. The van der Waals surface area contributed by atoms with E-state index >= 15 is 0 Å². The van der Waals surface area contributed by atoms with E-state index in [0.717, 1.165) is 0 Å². The maximum Gasteiger partial charge on any atom is 0.400 e. The number of nitrogen functional groups attached to an aromatic ring is 2. The van der Waals surface area contributed by atoms with Crippen LogP contribution in [-0.2, 0) is 9.53 Å². The van der Waals surface area contributed by atoms with E-state index in [4.69, 9.17) is 25.7 Å². The van der Waals surface area contributed by atoms with Crippen LogP contribution in [0.2, 0.25) is 0 Å². The number of ether oxygens (including phenoxy) is 3. The highest BCUT2D eigenvalue weighted by molar-refractivity contribution is 5.87. The van der Waals surface area contributed by atoms with Crippen LogP contribution >= 0.6 is 0 Å². The predicted octanol–water partition coefficient (Wildman–Crippen LogP) is 5.83. The third kappa shape index (κ3) is 7.76. The molecule has 36 heavy (non-hydrogen) atoms. The third-order valence-electron chi connectivity index (χ3n) is 5.83. The molecule has 0 saturated heterocycles. The molecule has 0 radical (unpaired) electrons. The molecule has 11 heteroatoms. The molecule has 4 N–H and O–H groups in total. The number of esters is 1. The van der Waals surface area contributed by atoms with Gasteiger partial charge in [-0.1, -0.05) is 12.1 Å². The van der Waals surface area contributed by atoms with Crippen molar-refractivity contribution >= 4 is 23.4 Å². The van der Waals surface area contributed by atoms with E-state index < -0.39 is 30.1 Å². The van der Waals surface area contributed by atoms with Gasteiger partial charge in [0.2, 0.25) is 0 Å². The van der Waals surface area contributed by atoms with Crippen LogP contribution in [0.25, 0.3) is 6.08 Å². The average molecular weight is 514 g/mol. The number of anilines is 2. The summed E-state index contributed by atoms with van der Waals surface area (Å²) in [4.78, 5) is 11.9. The lowest BCUT2D eigenvalue weighted by atomic mass is 9.81. The smallest absolute Gasteiger partial charge is 0.400 e. The van der Waals surface area contributed by atoms with E-state index in [1.165, 1.54) is 36.4 Å². The molecule has 0 amide bonds. The molecule has 6 nitrogen and oxygen atoms in total. The van der Waals surface area contributed by atoms with Crippen LogP contribution in [0.1, 0.15) is 31.2 Å². The first kappa shape index (κ1) is 27.1. The number of hydrogen-bond donors (Lipinski definition) is 2. The van der Waals surface area contributed by atoms with Gasteiger partial charge in [0.05, 0.1) is 17.5 Å². The molecule has 1 fully saturated rings. The van der Waals surface area contributed by atoms with Gasteiger partial charge in [0.15, 0.2) is 0 Å². The van der Waals surface area contributed by atoms with Crippen molar-refractivity contribution in [2.75, 3.05) is 24.7 Å². The fourth-order valence-electron chi connectivity index (χ4n) is 3.85. The lowest BCUT2D eigenvalue weighted by Gasteiger charge is -2.33. The minimum Gasteiger partial charge on any atom is -0.488 e. The molecular weight excluding hydrogens is 487 g/mol. The number of rotatable bonds is 9. The van der Waals surface area contributed by atoms with Gasteiger partial charge in [0.1, 0.15) is 24.7 Å². The second-order valence-corrected chi connectivity index (χ2v) is 8.47. The molecule has 0 unspecified atom stereocenters. The number of nitrogens with two attached hydrogens (primary N) is 2. The maximum atomic E-state index is 14.5. The fraction of sp³-hybridized carbons (Fsp3) is 0.400. The molecule has 196 valence electrons. The van der Waals surface area contributed by atoms with Crippen LogP contribution in [0.15, 0.2) is 48.5 Å². The topological polar surface area (TPSA) is 96.8 Å².